The third kappa shape index (κ3) is 18.1. The molecule has 0 fully saturated rings. The predicted octanol–water partition coefficient (Wildman–Crippen LogP) is 4.96. The number of carboxylic acid groups (broad SMARTS) is 1. The van der Waals surface area contributed by atoms with Crippen LogP contribution in [0.1, 0.15) is 51.9 Å². The van der Waals surface area contributed by atoms with Crippen molar-refractivity contribution >= 4 is 5.97 Å². The zero-order valence-electron chi connectivity index (χ0n) is 14.1. The van der Waals surface area contributed by atoms with Gasteiger partial charge in [0.05, 0.1) is 6.10 Å². The van der Waals surface area contributed by atoms with E-state index in [2.05, 4.69) is 37.3 Å². The molecule has 0 aliphatic carbocycles. The van der Waals surface area contributed by atoms with E-state index in [4.69, 9.17) is 5.11 Å². The van der Waals surface area contributed by atoms with E-state index >= 15 is 0 Å². The van der Waals surface area contributed by atoms with Crippen molar-refractivity contribution in [2.24, 2.45) is 0 Å². The van der Waals surface area contributed by atoms with Crippen LogP contribution in [0.4, 0.5) is 0 Å². The van der Waals surface area contributed by atoms with Crippen LogP contribution < -0.4 is 0 Å². The molecule has 0 saturated carbocycles. The average molecular weight is 318 g/mol. The summed E-state index contributed by atoms with van der Waals surface area (Å²) < 4.78 is 0. The highest BCUT2D eigenvalue weighted by Crippen LogP contribution is 2.00. The van der Waals surface area contributed by atoms with Crippen molar-refractivity contribution in [2.75, 3.05) is 0 Å². The molecule has 1 atom stereocenters. The number of aliphatic hydroxyl groups is 1. The summed E-state index contributed by atoms with van der Waals surface area (Å²) in [4.78, 5) is 10.3. The fourth-order valence-corrected chi connectivity index (χ4v) is 1.76. The Bertz CT molecular complexity index is 428. The van der Waals surface area contributed by atoms with Gasteiger partial charge in [-0.2, -0.15) is 0 Å². The van der Waals surface area contributed by atoms with Gasteiger partial charge in [-0.1, -0.05) is 67.7 Å². The molecule has 3 heteroatoms. The SMILES string of the molecule is CC/C=C\C/C=C\C/C=C\C[C@H](O)/C=C/C=C\CCCC(=O)O. The molecule has 0 aromatic heterocycles. The van der Waals surface area contributed by atoms with Crippen LogP contribution in [-0.4, -0.2) is 22.3 Å². The van der Waals surface area contributed by atoms with Crippen LogP contribution in [0.25, 0.3) is 0 Å². The van der Waals surface area contributed by atoms with Crippen molar-refractivity contribution in [3.63, 3.8) is 0 Å². The molecular formula is C20H30O3. The molecule has 0 spiro atoms. The second-order valence-electron chi connectivity index (χ2n) is 5.20. The van der Waals surface area contributed by atoms with E-state index in [0.29, 0.717) is 12.8 Å². The van der Waals surface area contributed by atoms with Gasteiger partial charge in [0.1, 0.15) is 0 Å². The Labute approximate surface area is 140 Å². The van der Waals surface area contributed by atoms with Crippen molar-refractivity contribution in [3.05, 3.63) is 60.8 Å². The molecule has 0 aliphatic heterocycles. The first-order chi connectivity index (χ1) is 11.2. The summed E-state index contributed by atoms with van der Waals surface area (Å²) in [5.41, 5.74) is 0. The topological polar surface area (TPSA) is 57.5 Å². The second-order valence-corrected chi connectivity index (χ2v) is 5.20. The first kappa shape index (κ1) is 21.1. The number of aliphatic hydroxyl groups excluding tert-OH is 1. The van der Waals surface area contributed by atoms with Crippen LogP contribution in [0, 0.1) is 0 Å². The molecule has 2 N–H and O–H groups in total. The standard InChI is InChI=1S/C20H30O3/c1-2-3-4-5-6-7-8-10-13-16-19(21)17-14-11-9-12-15-18-20(22)23/h3-4,6-7,9-11,13-14,17,19,21H,2,5,8,12,15-16,18H2,1H3,(H,22,23)/b4-3-,7-6-,11-9-,13-10-,17-14+/t19-/m0/s1. The van der Waals surface area contributed by atoms with Gasteiger partial charge in [-0.15, -0.1) is 0 Å². The van der Waals surface area contributed by atoms with Crippen molar-refractivity contribution < 1.29 is 15.0 Å². The molecule has 0 radical (unpaired) electrons. The molecule has 0 unspecified atom stereocenters. The van der Waals surface area contributed by atoms with E-state index in [0.717, 1.165) is 25.7 Å². The molecule has 0 aromatic rings. The molecule has 0 saturated heterocycles. The van der Waals surface area contributed by atoms with Gasteiger partial charge < -0.3 is 10.2 Å². The van der Waals surface area contributed by atoms with Gasteiger partial charge in [-0.3, -0.25) is 4.79 Å². The maximum Gasteiger partial charge on any atom is 0.303 e. The van der Waals surface area contributed by atoms with Gasteiger partial charge >= 0.3 is 5.97 Å². The van der Waals surface area contributed by atoms with E-state index in [9.17, 15) is 9.90 Å². The highest BCUT2D eigenvalue weighted by molar-refractivity contribution is 5.66. The van der Waals surface area contributed by atoms with Crippen molar-refractivity contribution in [2.45, 2.75) is 58.0 Å². The Morgan fingerprint density at radius 3 is 2.26 bits per heavy atom. The Balaban J connectivity index is 3.68. The van der Waals surface area contributed by atoms with Crippen molar-refractivity contribution in [1.29, 1.82) is 0 Å². The van der Waals surface area contributed by atoms with Crippen LogP contribution in [0.3, 0.4) is 0 Å². The third-order valence-corrected chi connectivity index (χ3v) is 3.00. The predicted molar refractivity (Wildman–Crippen MR) is 97.3 cm³/mol. The smallest absolute Gasteiger partial charge is 0.303 e. The first-order valence-corrected chi connectivity index (χ1v) is 8.35. The summed E-state index contributed by atoms with van der Waals surface area (Å²) in [5.74, 6) is -0.761. The minimum Gasteiger partial charge on any atom is -0.481 e. The summed E-state index contributed by atoms with van der Waals surface area (Å²) in [6.07, 6.45) is 24.6. The number of carboxylic acids is 1. The zero-order chi connectivity index (χ0) is 17.2. The Morgan fingerprint density at radius 2 is 1.61 bits per heavy atom. The number of rotatable bonds is 13. The van der Waals surface area contributed by atoms with Crippen LogP contribution in [0.2, 0.25) is 0 Å². The van der Waals surface area contributed by atoms with Gasteiger partial charge in [0.15, 0.2) is 0 Å². The molecule has 0 heterocycles. The Kier molecular flexibility index (Phi) is 15.2. The molecule has 23 heavy (non-hydrogen) atoms. The maximum atomic E-state index is 10.3. The zero-order valence-corrected chi connectivity index (χ0v) is 14.1. The average Bonchev–Trinajstić information content (AvgIpc) is 2.52. The highest BCUT2D eigenvalue weighted by Gasteiger charge is 1.94. The van der Waals surface area contributed by atoms with Crippen molar-refractivity contribution in [1.82, 2.24) is 0 Å². The Morgan fingerprint density at radius 1 is 0.957 bits per heavy atom. The van der Waals surface area contributed by atoms with Crippen LogP contribution in [0.5, 0.6) is 0 Å². The minimum atomic E-state index is -0.761. The van der Waals surface area contributed by atoms with Crippen LogP contribution in [0.15, 0.2) is 60.8 Å². The third-order valence-electron chi connectivity index (χ3n) is 3.00. The molecule has 0 bridgehead atoms. The minimum absolute atomic E-state index is 0.199. The molecule has 0 amide bonds. The number of carbonyl (C=O) groups is 1. The van der Waals surface area contributed by atoms with Gasteiger partial charge in [-0.05, 0) is 38.5 Å². The number of hydrogen-bond acceptors (Lipinski definition) is 2. The molecule has 3 nitrogen and oxygen atoms in total. The normalized spacial score (nSPS) is 14.2. The molecule has 0 aromatic carbocycles. The van der Waals surface area contributed by atoms with Gasteiger partial charge in [-0.25, -0.2) is 0 Å². The van der Waals surface area contributed by atoms with Crippen LogP contribution in [-0.2, 0) is 4.79 Å². The molecule has 0 rings (SSSR count). The lowest BCUT2D eigenvalue weighted by Gasteiger charge is -1.98. The lowest BCUT2D eigenvalue weighted by Crippen LogP contribution is -1.98. The number of unbranched alkanes of at least 4 members (excludes halogenated alkanes) is 1. The number of aliphatic carboxylic acids is 1. The lowest BCUT2D eigenvalue weighted by molar-refractivity contribution is -0.137. The van der Waals surface area contributed by atoms with Gasteiger partial charge in [0.25, 0.3) is 0 Å². The van der Waals surface area contributed by atoms with E-state index in [1.54, 1.807) is 12.2 Å². The van der Waals surface area contributed by atoms with Crippen molar-refractivity contribution in [3.8, 4) is 0 Å². The molecule has 0 aliphatic rings. The van der Waals surface area contributed by atoms with Gasteiger partial charge in [0.2, 0.25) is 0 Å². The maximum absolute atomic E-state index is 10.3. The summed E-state index contributed by atoms with van der Waals surface area (Å²) in [6, 6.07) is 0. The number of allylic oxidation sites excluding steroid dienone is 8. The van der Waals surface area contributed by atoms with E-state index in [-0.39, 0.29) is 6.42 Å². The summed E-state index contributed by atoms with van der Waals surface area (Å²) in [7, 11) is 0. The molecular weight excluding hydrogens is 288 g/mol. The largest absolute Gasteiger partial charge is 0.481 e. The monoisotopic (exact) mass is 318 g/mol. The summed E-state index contributed by atoms with van der Waals surface area (Å²) >= 11 is 0. The molecule has 128 valence electrons. The van der Waals surface area contributed by atoms with Crippen LogP contribution >= 0.6 is 0 Å². The second kappa shape index (κ2) is 16.5. The fraction of sp³-hybridized carbons (Fsp3) is 0.450. The summed E-state index contributed by atoms with van der Waals surface area (Å²) in [6.45, 7) is 2.12. The quantitative estimate of drug-likeness (QED) is 0.286. The number of hydrogen-bond donors (Lipinski definition) is 2. The lowest BCUT2D eigenvalue weighted by atomic mass is 10.2. The van der Waals surface area contributed by atoms with Gasteiger partial charge in [0, 0.05) is 6.42 Å². The highest BCUT2D eigenvalue weighted by atomic mass is 16.4. The first-order valence-electron chi connectivity index (χ1n) is 8.35. The van der Waals surface area contributed by atoms with E-state index < -0.39 is 12.1 Å². The fourth-order valence-electron chi connectivity index (χ4n) is 1.76. The summed E-state index contributed by atoms with van der Waals surface area (Å²) in [5, 5.41) is 18.2. The van der Waals surface area contributed by atoms with E-state index in [1.807, 2.05) is 18.2 Å². The van der Waals surface area contributed by atoms with E-state index in [1.165, 1.54) is 0 Å². The Hall–Kier alpha value is -1.87.